The lowest BCUT2D eigenvalue weighted by Crippen LogP contribution is -2.34. The number of anilines is 1. The Morgan fingerprint density at radius 1 is 1.45 bits per heavy atom. The summed E-state index contributed by atoms with van der Waals surface area (Å²) in [7, 11) is 0. The molecule has 108 valence electrons. The Bertz CT molecular complexity index is 522. The van der Waals surface area contributed by atoms with E-state index in [-0.39, 0.29) is 11.3 Å². The number of nitro benzene ring substituents is 1. The third-order valence-corrected chi connectivity index (χ3v) is 3.95. The zero-order valence-corrected chi connectivity index (χ0v) is 11.4. The Balaban J connectivity index is 2.27. The minimum atomic E-state index is -1.12. The van der Waals surface area contributed by atoms with Gasteiger partial charge in [-0.2, -0.15) is 0 Å². The Morgan fingerprint density at radius 2 is 2.10 bits per heavy atom. The van der Waals surface area contributed by atoms with E-state index in [0.29, 0.717) is 11.6 Å². The number of hydrogen-bond acceptors (Lipinski definition) is 4. The number of hydrogen-bond donors (Lipinski definition) is 1. The highest BCUT2D eigenvalue weighted by atomic mass is 16.6. The second-order valence-corrected chi connectivity index (χ2v) is 5.10. The van der Waals surface area contributed by atoms with Crippen molar-refractivity contribution in [3.8, 4) is 0 Å². The van der Waals surface area contributed by atoms with Gasteiger partial charge >= 0.3 is 5.97 Å². The maximum atomic E-state index is 11.3. The fraction of sp³-hybridized carbons (Fsp3) is 0.500. The Kier molecular flexibility index (Phi) is 4.22. The molecule has 1 fully saturated rings. The highest BCUT2D eigenvalue weighted by molar-refractivity contribution is 5.95. The number of aromatic carboxylic acids is 1. The molecule has 1 aromatic carbocycles. The summed E-state index contributed by atoms with van der Waals surface area (Å²) in [5, 5.41) is 20.0. The van der Waals surface area contributed by atoms with Crippen LogP contribution in [0.25, 0.3) is 0 Å². The van der Waals surface area contributed by atoms with Gasteiger partial charge in [0.25, 0.3) is 5.69 Å². The van der Waals surface area contributed by atoms with E-state index < -0.39 is 10.9 Å². The summed E-state index contributed by atoms with van der Waals surface area (Å²) >= 11 is 0. The summed E-state index contributed by atoms with van der Waals surface area (Å²) in [6, 6.07) is 4.06. The first-order chi connectivity index (χ1) is 9.52. The summed E-state index contributed by atoms with van der Waals surface area (Å²) in [6.45, 7) is 3.77. The molecule has 0 amide bonds. The lowest BCUT2D eigenvalue weighted by molar-refractivity contribution is -0.384. The number of carboxylic acids is 1. The minimum Gasteiger partial charge on any atom is -0.478 e. The zero-order chi connectivity index (χ0) is 14.7. The van der Waals surface area contributed by atoms with E-state index in [1.807, 2.05) is 4.90 Å². The molecule has 1 N–H and O–H groups in total. The van der Waals surface area contributed by atoms with Crippen LogP contribution in [0.5, 0.6) is 0 Å². The third-order valence-electron chi connectivity index (χ3n) is 3.95. The van der Waals surface area contributed by atoms with Crippen LogP contribution < -0.4 is 4.90 Å². The quantitative estimate of drug-likeness (QED) is 0.676. The molecule has 2 rings (SSSR count). The number of carbonyl (C=O) groups is 1. The van der Waals surface area contributed by atoms with Gasteiger partial charge in [-0.1, -0.05) is 13.3 Å². The van der Waals surface area contributed by atoms with Crippen molar-refractivity contribution in [1.29, 1.82) is 0 Å². The summed E-state index contributed by atoms with van der Waals surface area (Å²) < 4.78 is 0. The molecule has 0 unspecified atom stereocenters. The molecule has 1 heterocycles. The summed E-state index contributed by atoms with van der Waals surface area (Å²) in [5.74, 6) is -0.432. The summed E-state index contributed by atoms with van der Waals surface area (Å²) in [6.07, 6.45) is 3.21. The molecule has 1 aromatic rings. The fourth-order valence-corrected chi connectivity index (χ4v) is 2.67. The molecule has 0 saturated carbocycles. The van der Waals surface area contributed by atoms with Crippen LogP contribution in [-0.4, -0.2) is 29.1 Å². The number of piperidine rings is 1. The van der Waals surface area contributed by atoms with E-state index in [4.69, 9.17) is 0 Å². The minimum absolute atomic E-state index is 0.00847. The van der Waals surface area contributed by atoms with Crippen LogP contribution in [0.15, 0.2) is 18.2 Å². The molecule has 6 heteroatoms. The molecule has 0 radical (unpaired) electrons. The van der Waals surface area contributed by atoms with E-state index in [1.54, 1.807) is 6.07 Å². The monoisotopic (exact) mass is 278 g/mol. The predicted molar refractivity (Wildman–Crippen MR) is 75.3 cm³/mol. The second-order valence-electron chi connectivity index (χ2n) is 5.10. The molecular formula is C14H18N2O4. The van der Waals surface area contributed by atoms with Gasteiger partial charge in [0, 0.05) is 25.2 Å². The first-order valence-corrected chi connectivity index (χ1v) is 6.79. The van der Waals surface area contributed by atoms with Crippen molar-refractivity contribution in [2.24, 2.45) is 5.92 Å². The van der Waals surface area contributed by atoms with E-state index in [1.165, 1.54) is 6.07 Å². The van der Waals surface area contributed by atoms with Crippen molar-refractivity contribution < 1.29 is 14.8 Å². The SMILES string of the molecule is CCC1CCN(c2ccc([N+](=O)[O-])cc2C(=O)O)CC1. The smallest absolute Gasteiger partial charge is 0.338 e. The van der Waals surface area contributed by atoms with Crippen molar-refractivity contribution >= 4 is 17.3 Å². The molecule has 0 aromatic heterocycles. The number of nitrogens with zero attached hydrogens (tertiary/aromatic N) is 2. The first kappa shape index (κ1) is 14.3. The van der Waals surface area contributed by atoms with Gasteiger partial charge in [-0.15, -0.1) is 0 Å². The van der Waals surface area contributed by atoms with Gasteiger partial charge in [0.1, 0.15) is 0 Å². The van der Waals surface area contributed by atoms with Crippen LogP contribution in [0, 0.1) is 16.0 Å². The van der Waals surface area contributed by atoms with E-state index in [0.717, 1.165) is 38.4 Å². The fourth-order valence-electron chi connectivity index (χ4n) is 2.67. The number of nitro groups is 1. The van der Waals surface area contributed by atoms with Crippen molar-refractivity contribution in [1.82, 2.24) is 0 Å². The maximum absolute atomic E-state index is 11.3. The zero-order valence-electron chi connectivity index (χ0n) is 11.4. The van der Waals surface area contributed by atoms with Crippen molar-refractivity contribution in [3.63, 3.8) is 0 Å². The molecule has 0 bridgehead atoms. The van der Waals surface area contributed by atoms with Gasteiger partial charge in [-0.3, -0.25) is 10.1 Å². The summed E-state index contributed by atoms with van der Waals surface area (Å²) in [4.78, 5) is 23.5. The normalized spacial score (nSPS) is 16.1. The molecule has 1 saturated heterocycles. The highest BCUT2D eigenvalue weighted by Gasteiger charge is 2.23. The lowest BCUT2D eigenvalue weighted by atomic mass is 9.93. The van der Waals surface area contributed by atoms with Crippen molar-refractivity contribution in [3.05, 3.63) is 33.9 Å². The average molecular weight is 278 g/mol. The van der Waals surface area contributed by atoms with Crippen LogP contribution >= 0.6 is 0 Å². The Morgan fingerprint density at radius 3 is 2.60 bits per heavy atom. The standard InChI is InChI=1S/C14H18N2O4/c1-2-10-5-7-15(8-6-10)13-4-3-11(16(19)20)9-12(13)14(17)18/h3-4,9-10H,2,5-8H2,1H3,(H,17,18). The van der Waals surface area contributed by atoms with Crippen LogP contribution in [0.4, 0.5) is 11.4 Å². The predicted octanol–water partition coefficient (Wildman–Crippen LogP) is 2.92. The van der Waals surface area contributed by atoms with Crippen LogP contribution in [0.1, 0.15) is 36.5 Å². The number of carboxylic acid groups (broad SMARTS) is 1. The third kappa shape index (κ3) is 2.89. The molecule has 0 atom stereocenters. The number of benzene rings is 1. The highest BCUT2D eigenvalue weighted by Crippen LogP contribution is 2.30. The van der Waals surface area contributed by atoms with Gasteiger partial charge in [-0.05, 0) is 24.8 Å². The second kappa shape index (κ2) is 5.90. The van der Waals surface area contributed by atoms with Crippen LogP contribution in [0.2, 0.25) is 0 Å². The number of non-ortho nitro benzene ring substituents is 1. The lowest BCUT2D eigenvalue weighted by Gasteiger charge is -2.33. The topological polar surface area (TPSA) is 83.7 Å². The Hall–Kier alpha value is -2.11. The molecular weight excluding hydrogens is 260 g/mol. The van der Waals surface area contributed by atoms with Gasteiger partial charge in [0.15, 0.2) is 0 Å². The Labute approximate surface area is 117 Å². The van der Waals surface area contributed by atoms with Gasteiger partial charge < -0.3 is 10.0 Å². The van der Waals surface area contributed by atoms with E-state index in [2.05, 4.69) is 6.92 Å². The van der Waals surface area contributed by atoms with Gasteiger partial charge in [-0.25, -0.2) is 4.79 Å². The van der Waals surface area contributed by atoms with Gasteiger partial charge in [0.05, 0.1) is 16.2 Å². The molecule has 1 aliphatic rings. The van der Waals surface area contributed by atoms with E-state index in [9.17, 15) is 20.0 Å². The maximum Gasteiger partial charge on any atom is 0.338 e. The van der Waals surface area contributed by atoms with Crippen molar-refractivity contribution in [2.75, 3.05) is 18.0 Å². The van der Waals surface area contributed by atoms with Crippen LogP contribution in [0.3, 0.4) is 0 Å². The van der Waals surface area contributed by atoms with Gasteiger partial charge in [0.2, 0.25) is 0 Å². The molecule has 0 spiro atoms. The average Bonchev–Trinajstić information content (AvgIpc) is 2.46. The molecule has 20 heavy (non-hydrogen) atoms. The van der Waals surface area contributed by atoms with E-state index >= 15 is 0 Å². The summed E-state index contributed by atoms with van der Waals surface area (Å²) in [5.41, 5.74) is 0.404. The molecule has 0 aliphatic carbocycles. The first-order valence-electron chi connectivity index (χ1n) is 6.79. The molecule has 1 aliphatic heterocycles. The van der Waals surface area contributed by atoms with Crippen molar-refractivity contribution in [2.45, 2.75) is 26.2 Å². The number of rotatable bonds is 4. The largest absolute Gasteiger partial charge is 0.478 e. The molecule has 6 nitrogen and oxygen atoms in total. The van der Waals surface area contributed by atoms with Crippen LogP contribution in [-0.2, 0) is 0 Å².